The maximum absolute atomic E-state index is 11.8. The SMILES string of the molecule is O=C(Oc1cc[c]cc1)c1ccccc1Br. The average molecular weight is 276 g/mol. The van der Waals surface area contributed by atoms with Crippen LogP contribution in [0, 0.1) is 6.07 Å². The summed E-state index contributed by atoms with van der Waals surface area (Å²) in [5.74, 6) is 0.137. The molecular formula is C13H8BrO2. The van der Waals surface area contributed by atoms with Crippen molar-refractivity contribution in [2.24, 2.45) is 0 Å². The van der Waals surface area contributed by atoms with E-state index in [0.717, 1.165) is 4.47 Å². The van der Waals surface area contributed by atoms with Crippen LogP contribution in [0.5, 0.6) is 5.75 Å². The second-order valence-corrected chi connectivity index (χ2v) is 3.96. The van der Waals surface area contributed by atoms with Crippen molar-refractivity contribution in [2.45, 2.75) is 0 Å². The fourth-order valence-corrected chi connectivity index (χ4v) is 1.68. The van der Waals surface area contributed by atoms with Crippen LogP contribution in [0.4, 0.5) is 0 Å². The standard InChI is InChI=1S/C13H8BrO2/c14-12-9-5-4-8-11(12)13(15)16-10-6-2-1-3-7-10/h2-9H. The van der Waals surface area contributed by atoms with Gasteiger partial charge in [0.25, 0.3) is 0 Å². The van der Waals surface area contributed by atoms with Gasteiger partial charge in [0.15, 0.2) is 0 Å². The summed E-state index contributed by atoms with van der Waals surface area (Å²) in [4.78, 5) is 11.8. The summed E-state index contributed by atoms with van der Waals surface area (Å²) in [7, 11) is 0. The van der Waals surface area contributed by atoms with Crippen LogP contribution >= 0.6 is 15.9 Å². The molecular weight excluding hydrogens is 268 g/mol. The summed E-state index contributed by atoms with van der Waals surface area (Å²) in [5.41, 5.74) is 0.510. The lowest BCUT2D eigenvalue weighted by molar-refractivity contribution is 0.0734. The Kier molecular flexibility index (Phi) is 3.37. The predicted octanol–water partition coefficient (Wildman–Crippen LogP) is 3.47. The van der Waals surface area contributed by atoms with Gasteiger partial charge in [-0.2, -0.15) is 0 Å². The predicted molar refractivity (Wildman–Crippen MR) is 64.4 cm³/mol. The summed E-state index contributed by atoms with van der Waals surface area (Å²) in [6.07, 6.45) is 0. The van der Waals surface area contributed by atoms with Crippen molar-refractivity contribution < 1.29 is 9.53 Å². The molecule has 0 unspecified atom stereocenters. The van der Waals surface area contributed by atoms with Crippen LogP contribution in [-0.4, -0.2) is 5.97 Å². The summed E-state index contributed by atoms with van der Waals surface area (Å²) in [6, 6.07) is 16.8. The molecule has 1 radical (unpaired) electrons. The molecule has 0 heterocycles. The molecule has 79 valence electrons. The van der Waals surface area contributed by atoms with E-state index in [4.69, 9.17) is 4.74 Å². The van der Waals surface area contributed by atoms with Gasteiger partial charge in [-0.25, -0.2) is 4.79 Å². The molecule has 0 bridgehead atoms. The third-order valence-corrected chi connectivity index (χ3v) is 2.68. The number of carbonyl (C=O) groups is 1. The smallest absolute Gasteiger partial charge is 0.344 e. The highest BCUT2D eigenvalue weighted by molar-refractivity contribution is 9.10. The third-order valence-electron chi connectivity index (χ3n) is 1.99. The highest BCUT2D eigenvalue weighted by Crippen LogP contribution is 2.18. The van der Waals surface area contributed by atoms with Crippen molar-refractivity contribution in [3.63, 3.8) is 0 Å². The van der Waals surface area contributed by atoms with E-state index in [1.165, 1.54) is 0 Å². The molecule has 0 fully saturated rings. The molecule has 0 spiro atoms. The number of hydrogen-bond acceptors (Lipinski definition) is 2. The number of carbonyl (C=O) groups excluding carboxylic acids is 1. The molecule has 2 nitrogen and oxygen atoms in total. The Morgan fingerprint density at radius 2 is 1.81 bits per heavy atom. The molecule has 0 aliphatic carbocycles. The molecule has 3 heteroatoms. The van der Waals surface area contributed by atoms with Gasteiger partial charge < -0.3 is 4.74 Å². The molecule has 0 atom stereocenters. The minimum Gasteiger partial charge on any atom is -0.423 e. The first-order valence-corrected chi connectivity index (χ1v) is 5.49. The highest BCUT2D eigenvalue weighted by atomic mass is 79.9. The lowest BCUT2D eigenvalue weighted by atomic mass is 10.2. The van der Waals surface area contributed by atoms with E-state index < -0.39 is 0 Å². The van der Waals surface area contributed by atoms with E-state index in [1.54, 1.807) is 42.5 Å². The van der Waals surface area contributed by atoms with Crippen molar-refractivity contribution >= 4 is 21.9 Å². The lowest BCUT2D eigenvalue weighted by Crippen LogP contribution is -2.08. The summed E-state index contributed by atoms with van der Waals surface area (Å²) < 4.78 is 5.92. The number of rotatable bonds is 2. The van der Waals surface area contributed by atoms with E-state index in [1.807, 2.05) is 6.07 Å². The molecule has 2 aromatic rings. The first-order valence-electron chi connectivity index (χ1n) is 4.70. The van der Waals surface area contributed by atoms with Crippen LogP contribution in [0.25, 0.3) is 0 Å². The Hall–Kier alpha value is -1.61. The van der Waals surface area contributed by atoms with Gasteiger partial charge in [0.05, 0.1) is 5.56 Å². The second kappa shape index (κ2) is 4.94. The Balaban J connectivity index is 2.19. The number of esters is 1. The van der Waals surface area contributed by atoms with Crippen molar-refractivity contribution in [1.29, 1.82) is 0 Å². The lowest BCUT2D eigenvalue weighted by Gasteiger charge is -2.04. The Morgan fingerprint density at radius 1 is 1.12 bits per heavy atom. The van der Waals surface area contributed by atoms with Crippen LogP contribution in [0.1, 0.15) is 10.4 Å². The average Bonchev–Trinajstić information content (AvgIpc) is 2.31. The van der Waals surface area contributed by atoms with Crippen LogP contribution < -0.4 is 4.74 Å². The number of hydrogen-bond donors (Lipinski definition) is 0. The van der Waals surface area contributed by atoms with Gasteiger partial charge in [0.2, 0.25) is 0 Å². The first kappa shape index (κ1) is 10.9. The molecule has 2 aromatic carbocycles. The molecule has 0 amide bonds. The number of ether oxygens (including phenoxy) is 1. The zero-order chi connectivity index (χ0) is 11.4. The number of benzene rings is 2. The Morgan fingerprint density at radius 3 is 2.50 bits per heavy atom. The van der Waals surface area contributed by atoms with E-state index in [0.29, 0.717) is 11.3 Å². The van der Waals surface area contributed by atoms with E-state index in [9.17, 15) is 4.79 Å². The van der Waals surface area contributed by atoms with Gasteiger partial charge in [-0.15, -0.1) is 0 Å². The molecule has 16 heavy (non-hydrogen) atoms. The third kappa shape index (κ3) is 2.49. The fraction of sp³-hybridized carbons (Fsp3) is 0. The Labute approximate surface area is 102 Å². The van der Waals surface area contributed by atoms with Crippen molar-refractivity contribution in [3.8, 4) is 5.75 Å². The van der Waals surface area contributed by atoms with Crippen molar-refractivity contribution in [3.05, 3.63) is 64.6 Å². The topological polar surface area (TPSA) is 26.3 Å². The second-order valence-electron chi connectivity index (χ2n) is 3.11. The normalized spacial score (nSPS) is 9.81. The molecule has 0 N–H and O–H groups in total. The fourth-order valence-electron chi connectivity index (χ4n) is 1.23. The van der Waals surface area contributed by atoms with E-state index in [-0.39, 0.29) is 5.97 Å². The minimum absolute atomic E-state index is 0.376. The van der Waals surface area contributed by atoms with E-state index >= 15 is 0 Å². The van der Waals surface area contributed by atoms with Crippen molar-refractivity contribution in [1.82, 2.24) is 0 Å². The summed E-state index contributed by atoms with van der Waals surface area (Å²) >= 11 is 3.30. The van der Waals surface area contributed by atoms with Crippen LogP contribution in [0.2, 0.25) is 0 Å². The zero-order valence-corrected chi connectivity index (χ0v) is 9.90. The largest absolute Gasteiger partial charge is 0.423 e. The van der Waals surface area contributed by atoms with Gasteiger partial charge in [-0.3, -0.25) is 0 Å². The van der Waals surface area contributed by atoms with E-state index in [2.05, 4.69) is 22.0 Å². The van der Waals surface area contributed by atoms with Crippen molar-refractivity contribution in [2.75, 3.05) is 0 Å². The van der Waals surface area contributed by atoms with Crippen LogP contribution in [0.3, 0.4) is 0 Å². The molecule has 0 saturated carbocycles. The molecule has 0 aliphatic heterocycles. The van der Waals surface area contributed by atoms with Gasteiger partial charge in [-0.05, 0) is 46.3 Å². The quantitative estimate of drug-likeness (QED) is 0.620. The molecule has 0 saturated heterocycles. The molecule has 0 aromatic heterocycles. The zero-order valence-electron chi connectivity index (χ0n) is 8.31. The highest BCUT2D eigenvalue weighted by Gasteiger charge is 2.11. The van der Waals surface area contributed by atoms with Gasteiger partial charge in [0, 0.05) is 4.47 Å². The molecule has 2 rings (SSSR count). The summed E-state index contributed by atoms with van der Waals surface area (Å²) in [5, 5.41) is 0. The number of halogens is 1. The van der Waals surface area contributed by atoms with Crippen LogP contribution in [-0.2, 0) is 0 Å². The van der Waals surface area contributed by atoms with Gasteiger partial charge in [0.1, 0.15) is 5.75 Å². The maximum atomic E-state index is 11.8. The first-order chi connectivity index (χ1) is 7.77. The maximum Gasteiger partial charge on any atom is 0.344 e. The minimum atomic E-state index is -0.376. The Bertz CT molecular complexity index is 494. The monoisotopic (exact) mass is 275 g/mol. The van der Waals surface area contributed by atoms with Gasteiger partial charge >= 0.3 is 5.97 Å². The molecule has 0 aliphatic rings. The van der Waals surface area contributed by atoms with Gasteiger partial charge in [-0.1, -0.05) is 24.3 Å². The van der Waals surface area contributed by atoms with Crippen LogP contribution in [0.15, 0.2) is 53.0 Å². The summed E-state index contributed by atoms with van der Waals surface area (Å²) in [6.45, 7) is 0.